The minimum absolute atomic E-state index is 0.150. The molecule has 0 fully saturated rings. The van der Waals surface area contributed by atoms with Gasteiger partial charge in [0.1, 0.15) is 11.1 Å². The van der Waals surface area contributed by atoms with Gasteiger partial charge in [0, 0.05) is 34.6 Å². The predicted octanol–water partition coefficient (Wildman–Crippen LogP) is 4.06. The van der Waals surface area contributed by atoms with Crippen molar-refractivity contribution in [3.8, 4) is 6.07 Å². The van der Waals surface area contributed by atoms with Crippen LogP contribution in [0.1, 0.15) is 67.9 Å². The number of nitrogens with one attached hydrogen (secondary N) is 2. The monoisotopic (exact) mass is 474 g/mol. The molecule has 0 aliphatic carbocycles. The third kappa shape index (κ3) is 4.46. The van der Waals surface area contributed by atoms with E-state index in [1.54, 1.807) is 13.8 Å². The van der Waals surface area contributed by atoms with Crippen molar-refractivity contribution in [1.29, 1.82) is 5.26 Å². The fourth-order valence-electron chi connectivity index (χ4n) is 4.40. The summed E-state index contributed by atoms with van der Waals surface area (Å²) in [6, 6.07) is 8.17. The van der Waals surface area contributed by atoms with E-state index in [1.165, 1.54) is 39.9 Å². The molecule has 32 heavy (non-hydrogen) atoms. The average molecular weight is 475 g/mol. The summed E-state index contributed by atoms with van der Waals surface area (Å²) in [5.74, 6) is -0.378. The number of carbonyl (C=O) groups excluding carboxylic acids is 1. The Hall–Kier alpha value is -2.25. The van der Waals surface area contributed by atoms with Crippen LogP contribution < -0.4 is 10.6 Å². The average Bonchev–Trinajstić information content (AvgIpc) is 3.04. The summed E-state index contributed by atoms with van der Waals surface area (Å²) in [7, 11) is -3.59. The third-order valence-electron chi connectivity index (χ3n) is 5.64. The zero-order valence-corrected chi connectivity index (χ0v) is 21.0. The first kappa shape index (κ1) is 24.4. The van der Waals surface area contributed by atoms with Gasteiger partial charge >= 0.3 is 0 Å². The van der Waals surface area contributed by atoms with Gasteiger partial charge in [-0.2, -0.15) is 9.57 Å². The highest BCUT2D eigenvalue weighted by molar-refractivity contribution is 7.89. The van der Waals surface area contributed by atoms with Crippen LogP contribution in [-0.2, 0) is 22.0 Å². The number of thiophene rings is 1. The summed E-state index contributed by atoms with van der Waals surface area (Å²) in [6.45, 7) is 12.7. The number of hydrogen-bond acceptors (Lipinski definition) is 6. The van der Waals surface area contributed by atoms with E-state index in [9.17, 15) is 18.5 Å². The van der Waals surface area contributed by atoms with Gasteiger partial charge < -0.3 is 10.6 Å². The molecule has 0 unspecified atom stereocenters. The maximum atomic E-state index is 12.9. The van der Waals surface area contributed by atoms with Crippen molar-refractivity contribution in [3.63, 3.8) is 0 Å². The van der Waals surface area contributed by atoms with Gasteiger partial charge in [-0.05, 0) is 63.9 Å². The number of carbonyl (C=O) groups is 1. The number of fused-ring (bicyclic) bond motifs is 1. The molecule has 1 aromatic heterocycles. The van der Waals surface area contributed by atoms with E-state index < -0.39 is 10.0 Å². The van der Waals surface area contributed by atoms with Crippen LogP contribution in [-0.4, -0.2) is 37.3 Å². The number of sulfonamides is 1. The number of benzene rings is 1. The van der Waals surface area contributed by atoms with E-state index in [0.29, 0.717) is 35.6 Å². The Labute approximate surface area is 194 Å². The fraction of sp³-hybridized carbons (Fsp3) is 0.478. The molecule has 3 rings (SSSR count). The smallest absolute Gasteiger partial charge is 0.256 e. The van der Waals surface area contributed by atoms with E-state index >= 15 is 0 Å². The molecule has 0 saturated heterocycles. The van der Waals surface area contributed by atoms with Gasteiger partial charge in [-0.25, -0.2) is 8.42 Å². The number of hydrogen-bond donors (Lipinski definition) is 2. The summed E-state index contributed by atoms with van der Waals surface area (Å²) in [4.78, 5) is 14.1. The van der Waals surface area contributed by atoms with Gasteiger partial charge in [0.2, 0.25) is 10.0 Å². The minimum Gasteiger partial charge on any atom is -0.312 e. The van der Waals surface area contributed by atoms with E-state index in [-0.39, 0.29) is 21.9 Å². The third-order valence-corrected chi connectivity index (χ3v) is 9.18. The number of rotatable bonds is 6. The summed E-state index contributed by atoms with van der Waals surface area (Å²) in [6.07, 6.45) is 0.693. The molecule has 2 N–H and O–H groups in total. The maximum absolute atomic E-state index is 12.9. The number of anilines is 1. The second-order valence-electron chi connectivity index (χ2n) is 9.10. The molecule has 0 spiro atoms. The molecule has 1 amide bonds. The molecule has 172 valence electrons. The Kier molecular flexibility index (Phi) is 6.55. The van der Waals surface area contributed by atoms with E-state index in [2.05, 4.69) is 44.4 Å². The van der Waals surface area contributed by atoms with Crippen LogP contribution in [0, 0.1) is 11.3 Å². The first-order chi connectivity index (χ1) is 14.9. The summed E-state index contributed by atoms with van der Waals surface area (Å²) < 4.78 is 26.7. The van der Waals surface area contributed by atoms with Crippen molar-refractivity contribution in [2.24, 2.45) is 0 Å². The van der Waals surface area contributed by atoms with Gasteiger partial charge in [-0.3, -0.25) is 4.79 Å². The van der Waals surface area contributed by atoms with Crippen LogP contribution in [0.3, 0.4) is 0 Å². The van der Waals surface area contributed by atoms with Crippen LogP contribution in [0.4, 0.5) is 5.00 Å². The van der Waals surface area contributed by atoms with Gasteiger partial charge in [0.05, 0.1) is 10.5 Å². The molecule has 0 radical (unpaired) electrons. The lowest BCUT2D eigenvalue weighted by Gasteiger charge is -2.42. The number of amides is 1. The van der Waals surface area contributed by atoms with Crippen LogP contribution in [0.5, 0.6) is 0 Å². The first-order valence-electron chi connectivity index (χ1n) is 10.6. The highest BCUT2D eigenvalue weighted by Gasteiger charge is 2.40. The van der Waals surface area contributed by atoms with Crippen molar-refractivity contribution in [1.82, 2.24) is 9.62 Å². The van der Waals surface area contributed by atoms with Gasteiger partial charge in [-0.15, -0.1) is 11.3 Å². The molecule has 2 heterocycles. The normalized spacial score (nSPS) is 16.9. The van der Waals surface area contributed by atoms with Crippen molar-refractivity contribution in [3.05, 3.63) is 45.8 Å². The zero-order chi connectivity index (χ0) is 23.9. The molecular weight excluding hydrogens is 444 g/mol. The Morgan fingerprint density at radius 3 is 2.31 bits per heavy atom. The standard InChI is InChI=1S/C23H30N4O3S2/c1-7-27(8-2)32(29,30)16-11-9-15(10-12-16)20(28)25-21-18(14-24)17-13-22(3,4)26-23(5,6)19(17)31-21/h9-12,26H,7-8,13H2,1-6H3,(H,25,28). The molecule has 9 heteroatoms. The van der Waals surface area contributed by atoms with Gasteiger partial charge in [0.25, 0.3) is 5.91 Å². The lowest BCUT2D eigenvalue weighted by Crippen LogP contribution is -2.54. The van der Waals surface area contributed by atoms with E-state index in [1.807, 2.05) is 0 Å². The fourth-order valence-corrected chi connectivity index (χ4v) is 7.08. The molecule has 1 aliphatic heterocycles. The Balaban J connectivity index is 1.89. The van der Waals surface area contributed by atoms with Gasteiger partial charge in [-0.1, -0.05) is 13.8 Å². The Morgan fingerprint density at radius 1 is 1.19 bits per heavy atom. The molecule has 7 nitrogen and oxygen atoms in total. The number of nitrogens with zero attached hydrogens (tertiary/aromatic N) is 2. The largest absolute Gasteiger partial charge is 0.312 e. The van der Waals surface area contributed by atoms with Crippen LogP contribution in [0.15, 0.2) is 29.2 Å². The van der Waals surface area contributed by atoms with E-state index in [4.69, 9.17) is 0 Å². The first-order valence-corrected chi connectivity index (χ1v) is 12.9. The lowest BCUT2D eigenvalue weighted by atomic mass is 9.81. The van der Waals surface area contributed by atoms with E-state index in [0.717, 1.165) is 10.4 Å². The Bertz CT molecular complexity index is 1170. The quantitative estimate of drug-likeness (QED) is 0.657. The molecule has 0 saturated carbocycles. The van der Waals surface area contributed by atoms with Crippen LogP contribution >= 0.6 is 11.3 Å². The van der Waals surface area contributed by atoms with Crippen molar-refractivity contribution >= 4 is 32.3 Å². The molecule has 0 bridgehead atoms. The predicted molar refractivity (Wildman–Crippen MR) is 127 cm³/mol. The van der Waals surface area contributed by atoms with Crippen molar-refractivity contribution in [2.75, 3.05) is 18.4 Å². The Morgan fingerprint density at radius 2 is 1.78 bits per heavy atom. The van der Waals surface area contributed by atoms with Crippen molar-refractivity contribution < 1.29 is 13.2 Å². The second-order valence-corrected chi connectivity index (χ2v) is 12.1. The van der Waals surface area contributed by atoms with Crippen molar-refractivity contribution in [2.45, 2.75) is 63.9 Å². The molecular formula is C23H30N4O3S2. The zero-order valence-electron chi connectivity index (χ0n) is 19.4. The summed E-state index contributed by atoms with van der Waals surface area (Å²) in [5.41, 5.74) is 1.31. The van der Waals surface area contributed by atoms with Crippen LogP contribution in [0.2, 0.25) is 0 Å². The number of nitriles is 1. The second kappa shape index (κ2) is 8.60. The topological polar surface area (TPSA) is 102 Å². The molecule has 0 atom stereocenters. The van der Waals surface area contributed by atoms with Crippen LogP contribution in [0.25, 0.3) is 0 Å². The highest BCUT2D eigenvalue weighted by Crippen LogP contribution is 2.44. The maximum Gasteiger partial charge on any atom is 0.256 e. The SMILES string of the molecule is CCN(CC)S(=O)(=O)c1ccc(C(=O)Nc2sc3c(c2C#N)CC(C)(C)NC3(C)C)cc1. The van der Waals surface area contributed by atoms with Gasteiger partial charge in [0.15, 0.2) is 0 Å². The summed E-state index contributed by atoms with van der Waals surface area (Å²) >= 11 is 1.41. The molecule has 1 aliphatic rings. The summed E-state index contributed by atoms with van der Waals surface area (Å²) in [5, 5.41) is 16.8. The molecule has 2 aromatic rings. The lowest BCUT2D eigenvalue weighted by molar-refractivity contribution is 0.102. The minimum atomic E-state index is -3.59. The highest BCUT2D eigenvalue weighted by atomic mass is 32.2. The molecule has 1 aromatic carbocycles.